The largest absolute Gasteiger partial charge is 0.481 e. The molecule has 0 saturated carbocycles. The first-order valence-corrected chi connectivity index (χ1v) is 8.38. The summed E-state index contributed by atoms with van der Waals surface area (Å²) in [6, 6.07) is 8.79. The summed E-state index contributed by atoms with van der Waals surface area (Å²) in [7, 11) is 1.68. The van der Waals surface area contributed by atoms with Crippen molar-refractivity contribution in [3.8, 4) is 0 Å². The third kappa shape index (κ3) is 3.38. The van der Waals surface area contributed by atoms with Crippen molar-refractivity contribution in [1.29, 1.82) is 0 Å². The van der Waals surface area contributed by atoms with Gasteiger partial charge in [-0.3, -0.25) is 14.4 Å². The number of carbonyl (C=O) groups excluding carboxylic acids is 2. The number of aliphatic carboxylic acids is 1. The fourth-order valence-electron chi connectivity index (χ4n) is 3.64. The van der Waals surface area contributed by atoms with Crippen LogP contribution < -0.4 is 0 Å². The van der Waals surface area contributed by atoms with E-state index in [4.69, 9.17) is 5.11 Å². The molecule has 0 aromatic heterocycles. The number of likely N-dealkylation sites (N-methyl/N-ethyl adjacent to an activating group) is 1. The van der Waals surface area contributed by atoms with Gasteiger partial charge in [0.1, 0.15) is 11.7 Å². The number of carboxylic acids is 1. The maximum Gasteiger partial charge on any atom is 0.303 e. The predicted octanol–water partition coefficient (Wildman–Crippen LogP) is 2.60. The number of hydrogen-bond acceptors (Lipinski definition) is 3. The van der Waals surface area contributed by atoms with Crippen LogP contribution in [-0.4, -0.2) is 51.4 Å². The van der Waals surface area contributed by atoms with E-state index in [0.717, 1.165) is 0 Å². The topological polar surface area (TPSA) is 77.9 Å². The molecule has 6 heteroatoms. The highest BCUT2D eigenvalue weighted by atomic mass is 16.4. The van der Waals surface area contributed by atoms with Crippen LogP contribution in [-0.2, 0) is 9.59 Å². The lowest BCUT2D eigenvalue weighted by atomic mass is 9.88. The Kier molecular flexibility index (Phi) is 4.93. The van der Waals surface area contributed by atoms with Gasteiger partial charge in [0.25, 0.3) is 5.91 Å². The molecular weight excluding hydrogens is 320 g/mol. The maximum absolute atomic E-state index is 13.3. The van der Waals surface area contributed by atoms with Crippen molar-refractivity contribution < 1.29 is 19.5 Å². The Morgan fingerprint density at radius 2 is 1.76 bits per heavy atom. The number of rotatable bonds is 4. The van der Waals surface area contributed by atoms with Gasteiger partial charge in [-0.15, -0.1) is 0 Å². The molecule has 1 aromatic carbocycles. The van der Waals surface area contributed by atoms with Gasteiger partial charge in [-0.25, -0.2) is 0 Å². The molecule has 2 atom stereocenters. The molecule has 1 aliphatic heterocycles. The first-order chi connectivity index (χ1) is 11.5. The molecule has 0 spiro atoms. The van der Waals surface area contributed by atoms with Crippen molar-refractivity contribution in [3.05, 3.63) is 35.9 Å². The minimum absolute atomic E-state index is 0.0800. The molecule has 1 saturated heterocycles. The van der Waals surface area contributed by atoms with Gasteiger partial charge in [0.05, 0.1) is 0 Å². The van der Waals surface area contributed by atoms with Crippen LogP contribution in [0, 0.1) is 5.41 Å². The van der Waals surface area contributed by atoms with E-state index >= 15 is 0 Å². The molecule has 136 valence electrons. The van der Waals surface area contributed by atoms with E-state index in [9.17, 15) is 14.4 Å². The van der Waals surface area contributed by atoms with Crippen LogP contribution in [0.2, 0.25) is 0 Å². The Morgan fingerprint density at radius 3 is 2.24 bits per heavy atom. The standard InChI is InChI=1S/C19H26N2O4/c1-18(2,3)16-20(5)17(25)19(4,12-11-14(22)23)21(16)15(24)13-9-7-6-8-10-13/h6-10,16H,11-12H2,1-5H3,(H,22,23)/t16-,19-/m0/s1. The summed E-state index contributed by atoms with van der Waals surface area (Å²) in [4.78, 5) is 40.5. The molecule has 1 N–H and O–H groups in total. The van der Waals surface area contributed by atoms with Crippen LogP contribution in [0.1, 0.15) is 50.9 Å². The minimum Gasteiger partial charge on any atom is -0.481 e. The lowest BCUT2D eigenvalue weighted by Crippen LogP contribution is -2.55. The lowest BCUT2D eigenvalue weighted by molar-refractivity contribution is -0.138. The lowest BCUT2D eigenvalue weighted by Gasteiger charge is -2.41. The predicted molar refractivity (Wildman–Crippen MR) is 93.9 cm³/mol. The molecule has 1 aromatic rings. The molecule has 2 amide bonds. The summed E-state index contributed by atoms with van der Waals surface area (Å²) in [6.07, 6.45) is -0.547. The zero-order valence-electron chi connectivity index (χ0n) is 15.4. The summed E-state index contributed by atoms with van der Waals surface area (Å²) in [5.41, 5.74) is -1.07. The van der Waals surface area contributed by atoms with Crippen LogP contribution >= 0.6 is 0 Å². The van der Waals surface area contributed by atoms with Crippen molar-refractivity contribution in [2.45, 2.75) is 52.2 Å². The monoisotopic (exact) mass is 346 g/mol. The second-order valence-electron chi connectivity index (χ2n) is 7.86. The third-order valence-corrected chi connectivity index (χ3v) is 4.76. The highest BCUT2D eigenvalue weighted by molar-refractivity contribution is 6.01. The Hall–Kier alpha value is -2.37. The average molecular weight is 346 g/mol. The first-order valence-electron chi connectivity index (χ1n) is 8.38. The van der Waals surface area contributed by atoms with Gasteiger partial charge in [0.15, 0.2) is 0 Å². The molecule has 1 fully saturated rings. The number of carboxylic acid groups (broad SMARTS) is 1. The van der Waals surface area contributed by atoms with Gasteiger partial charge in [0, 0.05) is 24.4 Å². The summed E-state index contributed by atoms with van der Waals surface area (Å²) < 4.78 is 0. The van der Waals surface area contributed by atoms with Crippen molar-refractivity contribution in [3.63, 3.8) is 0 Å². The highest BCUT2D eigenvalue weighted by Crippen LogP contribution is 2.42. The Labute approximate surface area is 148 Å². The van der Waals surface area contributed by atoms with Crippen LogP contribution in [0.5, 0.6) is 0 Å². The summed E-state index contributed by atoms with van der Waals surface area (Å²) >= 11 is 0. The van der Waals surface area contributed by atoms with Gasteiger partial charge in [-0.2, -0.15) is 0 Å². The smallest absolute Gasteiger partial charge is 0.303 e. The molecule has 2 rings (SSSR count). The van der Waals surface area contributed by atoms with E-state index in [1.807, 2.05) is 26.8 Å². The molecule has 0 unspecified atom stereocenters. The van der Waals surface area contributed by atoms with E-state index in [1.165, 1.54) is 0 Å². The first kappa shape index (κ1) is 19.0. The Bertz CT molecular complexity index is 680. The summed E-state index contributed by atoms with van der Waals surface area (Å²) in [5, 5.41) is 9.08. The number of hydrogen-bond donors (Lipinski definition) is 1. The van der Waals surface area contributed by atoms with E-state index in [1.54, 1.807) is 48.0 Å². The molecular formula is C19H26N2O4. The molecule has 6 nitrogen and oxygen atoms in total. The van der Waals surface area contributed by atoms with Crippen molar-refractivity contribution in [2.24, 2.45) is 5.41 Å². The van der Waals surface area contributed by atoms with Crippen LogP contribution in [0.4, 0.5) is 0 Å². The van der Waals surface area contributed by atoms with Crippen molar-refractivity contribution in [2.75, 3.05) is 7.05 Å². The Balaban J connectivity index is 2.54. The maximum atomic E-state index is 13.3. The average Bonchev–Trinajstić information content (AvgIpc) is 2.74. The second kappa shape index (κ2) is 6.50. The highest BCUT2D eigenvalue weighted by Gasteiger charge is 2.58. The third-order valence-electron chi connectivity index (χ3n) is 4.76. The van der Waals surface area contributed by atoms with Gasteiger partial charge >= 0.3 is 5.97 Å². The fourth-order valence-corrected chi connectivity index (χ4v) is 3.64. The zero-order valence-corrected chi connectivity index (χ0v) is 15.4. The number of amides is 2. The van der Waals surface area contributed by atoms with E-state index in [-0.39, 0.29) is 30.1 Å². The van der Waals surface area contributed by atoms with Gasteiger partial charge in [0.2, 0.25) is 5.91 Å². The molecule has 1 heterocycles. The number of carbonyl (C=O) groups is 3. The summed E-state index contributed by atoms with van der Waals surface area (Å²) in [6.45, 7) is 7.57. The van der Waals surface area contributed by atoms with E-state index in [0.29, 0.717) is 5.56 Å². The number of benzene rings is 1. The van der Waals surface area contributed by atoms with Crippen LogP contribution in [0.3, 0.4) is 0 Å². The molecule has 25 heavy (non-hydrogen) atoms. The van der Waals surface area contributed by atoms with Gasteiger partial charge in [-0.05, 0) is 25.5 Å². The van der Waals surface area contributed by atoms with Crippen molar-refractivity contribution in [1.82, 2.24) is 9.80 Å². The normalized spacial score (nSPS) is 23.9. The van der Waals surface area contributed by atoms with Gasteiger partial charge in [-0.1, -0.05) is 39.0 Å². The molecule has 0 radical (unpaired) electrons. The zero-order chi connectivity index (χ0) is 19.0. The molecule has 0 bridgehead atoms. The van der Waals surface area contributed by atoms with Gasteiger partial charge < -0.3 is 14.9 Å². The van der Waals surface area contributed by atoms with Crippen LogP contribution in [0.25, 0.3) is 0 Å². The molecule has 1 aliphatic rings. The van der Waals surface area contributed by atoms with Crippen LogP contribution in [0.15, 0.2) is 30.3 Å². The van der Waals surface area contributed by atoms with E-state index in [2.05, 4.69) is 0 Å². The number of nitrogens with zero attached hydrogens (tertiary/aromatic N) is 2. The minimum atomic E-state index is -1.18. The Morgan fingerprint density at radius 1 is 1.20 bits per heavy atom. The second-order valence-corrected chi connectivity index (χ2v) is 7.86. The molecule has 0 aliphatic carbocycles. The fraction of sp³-hybridized carbons (Fsp3) is 0.526. The van der Waals surface area contributed by atoms with E-state index < -0.39 is 17.7 Å². The SMILES string of the molecule is CN1C(=O)[C@](C)(CCC(=O)O)N(C(=O)c2ccccc2)[C@H]1C(C)(C)C. The van der Waals surface area contributed by atoms with Crippen molar-refractivity contribution >= 4 is 17.8 Å². The quantitative estimate of drug-likeness (QED) is 0.909. The summed E-state index contributed by atoms with van der Waals surface area (Å²) in [5.74, 6) is -1.47.